The number of benzene rings is 1. The Balaban J connectivity index is 2.47. The first-order valence-electron chi connectivity index (χ1n) is 5.91. The summed E-state index contributed by atoms with van der Waals surface area (Å²) in [5.41, 5.74) is 7.91. The van der Waals surface area contributed by atoms with E-state index in [1.54, 1.807) is 6.07 Å². The quantitative estimate of drug-likeness (QED) is 0.524. The molecule has 19 heavy (non-hydrogen) atoms. The summed E-state index contributed by atoms with van der Waals surface area (Å²) in [6.07, 6.45) is 2.91. The van der Waals surface area contributed by atoms with Crippen LogP contribution >= 0.6 is 11.6 Å². The average molecular weight is 302 g/mol. The van der Waals surface area contributed by atoms with Crippen LogP contribution in [0.2, 0.25) is 0 Å². The van der Waals surface area contributed by atoms with Crippen molar-refractivity contribution in [3.8, 4) is 0 Å². The molecule has 1 aromatic carbocycles. The Labute approximate surface area is 118 Å². The van der Waals surface area contributed by atoms with E-state index in [0.29, 0.717) is 23.8 Å². The van der Waals surface area contributed by atoms with Gasteiger partial charge in [0.25, 0.3) is 0 Å². The van der Waals surface area contributed by atoms with Crippen molar-refractivity contribution >= 4 is 38.8 Å². The third-order valence-electron chi connectivity index (χ3n) is 2.95. The molecule has 0 unspecified atom stereocenters. The fourth-order valence-electron chi connectivity index (χ4n) is 2.14. The fraction of sp³-hybridized carbons (Fsp3) is 0.417. The van der Waals surface area contributed by atoms with Crippen LogP contribution in [0, 0.1) is 0 Å². The first-order chi connectivity index (χ1) is 8.91. The summed E-state index contributed by atoms with van der Waals surface area (Å²) in [6, 6.07) is 5.46. The van der Waals surface area contributed by atoms with Gasteiger partial charge in [-0.3, -0.25) is 4.31 Å². The van der Waals surface area contributed by atoms with Crippen LogP contribution in [0.4, 0.5) is 11.4 Å². The van der Waals surface area contributed by atoms with Crippen molar-refractivity contribution in [1.29, 1.82) is 0 Å². The molecule has 0 amide bonds. The molecule has 0 radical (unpaired) electrons. The monoisotopic (exact) mass is 301 g/mol. The number of anilines is 1. The lowest BCUT2D eigenvalue weighted by Crippen LogP contribution is -2.34. The van der Waals surface area contributed by atoms with Crippen LogP contribution < -0.4 is 10.0 Å². The van der Waals surface area contributed by atoms with Gasteiger partial charge in [-0.15, -0.1) is 11.6 Å². The van der Waals surface area contributed by atoms with E-state index in [2.05, 4.69) is 4.99 Å². The molecule has 0 bridgehead atoms. The summed E-state index contributed by atoms with van der Waals surface area (Å²) in [4.78, 5) is 4.14. The minimum Gasteiger partial charge on any atom is -0.386 e. The topological polar surface area (TPSA) is 75.8 Å². The van der Waals surface area contributed by atoms with Gasteiger partial charge in [0.05, 0.1) is 23.5 Å². The van der Waals surface area contributed by atoms with Crippen molar-refractivity contribution in [3.05, 3.63) is 23.8 Å². The Morgan fingerprint density at radius 3 is 2.89 bits per heavy atom. The molecule has 2 N–H and O–H groups in total. The third kappa shape index (κ3) is 3.19. The highest BCUT2D eigenvalue weighted by Gasteiger charge is 2.24. The van der Waals surface area contributed by atoms with Crippen LogP contribution in [0.3, 0.4) is 0 Å². The summed E-state index contributed by atoms with van der Waals surface area (Å²) >= 11 is 5.58. The smallest absolute Gasteiger partial charge is 0.232 e. The van der Waals surface area contributed by atoms with Gasteiger partial charge in [0, 0.05) is 6.54 Å². The Kier molecular flexibility index (Phi) is 4.01. The highest BCUT2D eigenvalue weighted by atomic mass is 35.5. The second-order valence-corrected chi connectivity index (χ2v) is 6.66. The van der Waals surface area contributed by atoms with Crippen LogP contribution in [0.5, 0.6) is 0 Å². The Bertz CT molecular complexity index is 613. The minimum absolute atomic E-state index is 0.146. The highest BCUT2D eigenvalue weighted by molar-refractivity contribution is 7.92. The lowest BCUT2D eigenvalue weighted by molar-refractivity contribution is 0.592. The molecule has 0 saturated heterocycles. The lowest BCUT2D eigenvalue weighted by atomic mass is 10.0. The molecule has 0 atom stereocenters. The van der Waals surface area contributed by atoms with Crippen LogP contribution in [0.1, 0.15) is 12.0 Å². The van der Waals surface area contributed by atoms with Gasteiger partial charge in [-0.05, 0) is 30.5 Å². The average Bonchev–Trinajstić information content (AvgIpc) is 2.36. The normalized spacial score (nSPS) is 16.3. The summed E-state index contributed by atoms with van der Waals surface area (Å²) in [5.74, 6) is 0.454. The first-order valence-corrected chi connectivity index (χ1v) is 8.30. The molecule has 1 aliphatic rings. The van der Waals surface area contributed by atoms with Crippen LogP contribution in [0.25, 0.3) is 0 Å². The van der Waals surface area contributed by atoms with Gasteiger partial charge in [0.2, 0.25) is 10.0 Å². The van der Waals surface area contributed by atoms with E-state index in [-0.39, 0.29) is 5.88 Å². The van der Waals surface area contributed by atoms with E-state index in [1.165, 1.54) is 10.6 Å². The van der Waals surface area contributed by atoms with Crippen molar-refractivity contribution in [2.75, 3.05) is 23.0 Å². The molecule has 5 nitrogen and oxygen atoms in total. The van der Waals surface area contributed by atoms with E-state index in [4.69, 9.17) is 17.3 Å². The highest BCUT2D eigenvalue weighted by Crippen LogP contribution is 2.32. The zero-order valence-corrected chi connectivity index (χ0v) is 12.2. The molecule has 0 aromatic heterocycles. The van der Waals surface area contributed by atoms with Crippen molar-refractivity contribution in [2.24, 2.45) is 10.7 Å². The van der Waals surface area contributed by atoms with Gasteiger partial charge in [0.15, 0.2) is 0 Å². The van der Waals surface area contributed by atoms with Crippen molar-refractivity contribution in [2.45, 2.75) is 12.8 Å². The fourth-order valence-corrected chi connectivity index (χ4v) is 3.19. The zero-order chi connectivity index (χ0) is 14.0. The number of amidine groups is 1. The predicted octanol–water partition coefficient (Wildman–Crippen LogP) is 1.63. The van der Waals surface area contributed by atoms with Crippen LogP contribution in [0.15, 0.2) is 23.2 Å². The Morgan fingerprint density at radius 2 is 2.26 bits per heavy atom. The molecule has 1 aromatic rings. The van der Waals surface area contributed by atoms with Gasteiger partial charge in [0.1, 0.15) is 5.84 Å². The number of nitrogens with two attached hydrogens (primary N) is 1. The van der Waals surface area contributed by atoms with Crippen molar-refractivity contribution in [3.63, 3.8) is 0 Å². The number of fused-ring (bicyclic) bond motifs is 1. The van der Waals surface area contributed by atoms with Gasteiger partial charge in [-0.2, -0.15) is 0 Å². The van der Waals surface area contributed by atoms with E-state index in [1.807, 2.05) is 12.1 Å². The number of hydrogen-bond donors (Lipinski definition) is 1. The molecule has 2 rings (SSSR count). The van der Waals surface area contributed by atoms with Gasteiger partial charge >= 0.3 is 0 Å². The van der Waals surface area contributed by atoms with E-state index in [0.717, 1.165) is 18.4 Å². The summed E-state index contributed by atoms with van der Waals surface area (Å²) in [6.45, 7) is 0.504. The van der Waals surface area contributed by atoms with Crippen LogP contribution in [-0.4, -0.2) is 32.9 Å². The molecule has 0 aliphatic carbocycles. The Hall–Kier alpha value is -1.27. The summed E-state index contributed by atoms with van der Waals surface area (Å²) in [7, 11) is -3.26. The van der Waals surface area contributed by atoms with E-state index in [9.17, 15) is 8.42 Å². The number of halogens is 1. The SMILES string of the molecule is CS(=O)(=O)N1CCCc2ccc(N=C(N)CCl)cc21. The lowest BCUT2D eigenvalue weighted by Gasteiger charge is -2.29. The molecule has 0 saturated carbocycles. The molecule has 0 fully saturated rings. The molecule has 0 spiro atoms. The predicted molar refractivity (Wildman–Crippen MR) is 79.0 cm³/mol. The number of rotatable bonds is 3. The van der Waals surface area contributed by atoms with Gasteiger partial charge < -0.3 is 5.73 Å². The molecule has 1 heterocycles. The maximum Gasteiger partial charge on any atom is 0.232 e. The number of aryl methyl sites for hydroxylation is 1. The van der Waals surface area contributed by atoms with E-state index >= 15 is 0 Å². The number of alkyl halides is 1. The maximum atomic E-state index is 11.8. The summed E-state index contributed by atoms with van der Waals surface area (Å²) in [5, 5.41) is 0. The molecule has 1 aliphatic heterocycles. The summed E-state index contributed by atoms with van der Waals surface area (Å²) < 4.78 is 25.0. The standard InChI is InChI=1S/C12H16ClN3O2S/c1-19(17,18)16-6-2-3-9-4-5-10(7-11(9)16)15-12(14)8-13/h4-5,7H,2-3,6,8H2,1H3,(H2,14,15). The van der Waals surface area contributed by atoms with E-state index < -0.39 is 10.0 Å². The Morgan fingerprint density at radius 1 is 1.53 bits per heavy atom. The zero-order valence-electron chi connectivity index (χ0n) is 10.6. The van der Waals surface area contributed by atoms with Crippen molar-refractivity contribution < 1.29 is 8.42 Å². The number of sulfonamides is 1. The number of aliphatic imine (C=N–C) groups is 1. The second kappa shape index (κ2) is 5.38. The minimum atomic E-state index is -3.26. The largest absolute Gasteiger partial charge is 0.386 e. The van der Waals surface area contributed by atoms with Gasteiger partial charge in [-0.25, -0.2) is 13.4 Å². The molecular formula is C12H16ClN3O2S. The molecular weight excluding hydrogens is 286 g/mol. The second-order valence-electron chi connectivity index (χ2n) is 4.49. The first kappa shape index (κ1) is 14.1. The third-order valence-corrected chi connectivity index (χ3v) is 4.41. The molecule has 104 valence electrons. The van der Waals surface area contributed by atoms with Crippen molar-refractivity contribution in [1.82, 2.24) is 0 Å². The number of hydrogen-bond acceptors (Lipinski definition) is 3. The van der Waals surface area contributed by atoms with Gasteiger partial charge in [-0.1, -0.05) is 6.07 Å². The van der Waals surface area contributed by atoms with Crippen LogP contribution in [-0.2, 0) is 16.4 Å². The number of nitrogens with zero attached hydrogens (tertiary/aromatic N) is 2. The maximum absolute atomic E-state index is 11.8. The molecule has 7 heteroatoms.